The van der Waals surface area contributed by atoms with E-state index in [2.05, 4.69) is 118 Å². The summed E-state index contributed by atoms with van der Waals surface area (Å²) in [6, 6.07) is 51.5. The van der Waals surface area contributed by atoms with Crippen LogP contribution in [0.15, 0.2) is 150 Å². The number of benzene rings is 7. The maximum Gasteiger partial charge on any atom is 0.165 e. The fourth-order valence-electron chi connectivity index (χ4n) is 8.41. The lowest BCUT2D eigenvalue weighted by Crippen LogP contribution is -2.03. The molecule has 0 bridgehead atoms. The second-order valence-electron chi connectivity index (χ2n) is 13.0. The van der Waals surface area contributed by atoms with Gasteiger partial charge in [0.1, 0.15) is 16.9 Å². The Morgan fingerprint density at radius 3 is 1.88 bits per heavy atom. The summed E-state index contributed by atoms with van der Waals surface area (Å²) in [6.07, 6.45) is 0. The number of para-hydroxylation sites is 5. The van der Waals surface area contributed by atoms with Crippen LogP contribution in [0.4, 0.5) is 0 Å². The summed E-state index contributed by atoms with van der Waals surface area (Å²) in [5, 5.41) is 9.58. The summed E-state index contributed by atoms with van der Waals surface area (Å²) in [5.41, 5.74) is 11.0. The predicted molar refractivity (Wildman–Crippen MR) is 201 cm³/mol. The lowest BCUT2D eigenvalue weighted by molar-refractivity contribution is 0.669. The fourth-order valence-corrected chi connectivity index (χ4v) is 8.41. The highest BCUT2D eigenvalue weighted by Gasteiger charge is 2.25. The number of hydrogen-bond donors (Lipinski definition) is 0. The van der Waals surface area contributed by atoms with Crippen LogP contribution in [0.3, 0.4) is 0 Å². The molecule has 12 rings (SSSR count). The average Bonchev–Trinajstić information content (AvgIpc) is 3.78. The van der Waals surface area contributed by atoms with Crippen molar-refractivity contribution in [2.45, 2.75) is 0 Å². The van der Waals surface area contributed by atoms with E-state index in [0.717, 1.165) is 61.1 Å². The zero-order valence-corrected chi connectivity index (χ0v) is 26.1. The first kappa shape index (κ1) is 25.4. The molecule has 7 aromatic carbocycles. The van der Waals surface area contributed by atoms with Crippen molar-refractivity contribution in [1.29, 1.82) is 0 Å². The third-order valence-electron chi connectivity index (χ3n) is 10.4. The molecule has 0 fully saturated rings. The minimum atomic E-state index is 0.794. The first-order chi connectivity index (χ1) is 24.3. The Morgan fingerprint density at radius 2 is 1.04 bits per heavy atom. The molecule has 5 nitrogen and oxygen atoms in total. The second kappa shape index (κ2) is 9.00. The molecule has 0 aliphatic heterocycles. The van der Waals surface area contributed by atoms with Crippen LogP contribution >= 0.6 is 0 Å². The lowest BCUT2D eigenvalue weighted by Gasteiger charge is -2.14. The van der Waals surface area contributed by atoms with E-state index in [1.807, 2.05) is 36.4 Å². The molecular weight excluding hydrogens is 601 g/mol. The third kappa shape index (κ3) is 3.19. The molecule has 0 saturated carbocycles. The molecule has 12 aromatic rings. The van der Waals surface area contributed by atoms with E-state index in [1.54, 1.807) is 0 Å². The van der Waals surface area contributed by atoms with Crippen LogP contribution in [-0.2, 0) is 0 Å². The van der Waals surface area contributed by atoms with E-state index in [1.165, 1.54) is 48.9 Å². The molecule has 49 heavy (non-hydrogen) atoms. The largest absolute Gasteiger partial charge is 0.456 e. The second-order valence-corrected chi connectivity index (χ2v) is 13.0. The number of furan rings is 1. The number of rotatable bonds is 2. The maximum atomic E-state index is 6.36. The van der Waals surface area contributed by atoms with Gasteiger partial charge in [0, 0.05) is 43.3 Å². The molecule has 226 valence electrons. The minimum absolute atomic E-state index is 0.794. The number of aromatic nitrogens is 4. The zero-order valence-electron chi connectivity index (χ0n) is 26.1. The molecule has 0 N–H and O–H groups in total. The highest BCUT2D eigenvalue weighted by atomic mass is 16.3. The van der Waals surface area contributed by atoms with Crippen LogP contribution in [0.25, 0.3) is 110 Å². The van der Waals surface area contributed by atoms with Crippen molar-refractivity contribution >= 4 is 92.9 Å². The van der Waals surface area contributed by atoms with E-state index in [9.17, 15) is 0 Å². The first-order valence-electron chi connectivity index (χ1n) is 16.6. The molecule has 0 amide bonds. The topological polar surface area (TPSA) is 48.3 Å². The molecule has 0 atom stereocenters. The van der Waals surface area contributed by atoms with Gasteiger partial charge in [-0.3, -0.25) is 4.57 Å². The molecule has 5 aromatic heterocycles. The normalized spacial score (nSPS) is 12.5. The SMILES string of the molecule is c1ccc2nc(-n3c4cccc5c6ccccc6n6c7ccccc7c7ccc3c(c54)c76)c(-c3ccc4c(c3)oc3ccccc34)nc2c1. The highest BCUT2D eigenvalue weighted by molar-refractivity contribution is 6.33. The fraction of sp³-hybridized carbons (Fsp3) is 0. The Balaban J connectivity index is 1.28. The van der Waals surface area contributed by atoms with Gasteiger partial charge in [-0.15, -0.1) is 0 Å². The summed E-state index contributed by atoms with van der Waals surface area (Å²) < 4.78 is 11.2. The van der Waals surface area contributed by atoms with Crippen LogP contribution in [0, 0.1) is 0 Å². The quantitative estimate of drug-likeness (QED) is 0.192. The van der Waals surface area contributed by atoms with Crippen LogP contribution in [0.2, 0.25) is 0 Å². The van der Waals surface area contributed by atoms with E-state index < -0.39 is 0 Å². The van der Waals surface area contributed by atoms with Gasteiger partial charge in [-0.1, -0.05) is 91.0 Å². The molecule has 5 heteroatoms. The van der Waals surface area contributed by atoms with Crippen molar-refractivity contribution in [3.05, 3.63) is 146 Å². The van der Waals surface area contributed by atoms with Gasteiger partial charge in [0.15, 0.2) is 5.82 Å². The summed E-state index contributed by atoms with van der Waals surface area (Å²) in [4.78, 5) is 10.7. The van der Waals surface area contributed by atoms with Crippen molar-refractivity contribution in [3.63, 3.8) is 0 Å². The van der Waals surface area contributed by atoms with E-state index >= 15 is 0 Å². The maximum absolute atomic E-state index is 6.36. The molecule has 0 spiro atoms. The summed E-state index contributed by atoms with van der Waals surface area (Å²) in [6.45, 7) is 0. The Bertz CT molecular complexity index is 3340. The van der Waals surface area contributed by atoms with Gasteiger partial charge in [0.05, 0.1) is 38.6 Å². The smallest absolute Gasteiger partial charge is 0.165 e. The number of fused-ring (bicyclic) bond motifs is 10. The zero-order chi connectivity index (χ0) is 31.8. The van der Waals surface area contributed by atoms with E-state index in [-0.39, 0.29) is 0 Å². The lowest BCUT2D eigenvalue weighted by atomic mass is 10.0. The molecule has 0 unspecified atom stereocenters. The number of nitrogens with zero attached hydrogens (tertiary/aromatic N) is 4. The predicted octanol–water partition coefficient (Wildman–Crippen LogP) is 11.4. The highest BCUT2D eigenvalue weighted by Crippen LogP contribution is 2.46. The monoisotopic (exact) mass is 624 g/mol. The van der Waals surface area contributed by atoms with E-state index in [4.69, 9.17) is 14.4 Å². The summed E-state index contributed by atoms with van der Waals surface area (Å²) in [5.74, 6) is 0.794. The molecular formula is C44H24N4O. The average molecular weight is 625 g/mol. The van der Waals surface area contributed by atoms with Crippen LogP contribution in [0.5, 0.6) is 0 Å². The van der Waals surface area contributed by atoms with Gasteiger partial charge in [-0.25, -0.2) is 9.97 Å². The van der Waals surface area contributed by atoms with Crippen molar-refractivity contribution < 1.29 is 4.42 Å². The van der Waals surface area contributed by atoms with E-state index in [0.29, 0.717) is 0 Å². The van der Waals surface area contributed by atoms with Gasteiger partial charge in [0.2, 0.25) is 0 Å². The van der Waals surface area contributed by atoms with Gasteiger partial charge in [-0.05, 0) is 60.0 Å². The molecule has 0 aliphatic rings. The van der Waals surface area contributed by atoms with Crippen molar-refractivity contribution in [3.8, 4) is 17.1 Å². The van der Waals surface area contributed by atoms with Gasteiger partial charge in [0.25, 0.3) is 0 Å². The van der Waals surface area contributed by atoms with Crippen LogP contribution in [0.1, 0.15) is 0 Å². The number of hydrogen-bond acceptors (Lipinski definition) is 3. The Labute approximate surface area is 278 Å². The van der Waals surface area contributed by atoms with Gasteiger partial charge < -0.3 is 8.82 Å². The molecule has 0 radical (unpaired) electrons. The Morgan fingerprint density at radius 1 is 0.429 bits per heavy atom. The van der Waals surface area contributed by atoms with Crippen molar-refractivity contribution in [2.24, 2.45) is 0 Å². The van der Waals surface area contributed by atoms with Gasteiger partial charge >= 0.3 is 0 Å². The molecule has 0 saturated heterocycles. The van der Waals surface area contributed by atoms with Crippen molar-refractivity contribution in [1.82, 2.24) is 18.9 Å². The third-order valence-corrected chi connectivity index (χ3v) is 10.4. The molecule has 5 heterocycles. The molecule has 0 aliphatic carbocycles. The van der Waals surface area contributed by atoms with Crippen molar-refractivity contribution in [2.75, 3.05) is 0 Å². The van der Waals surface area contributed by atoms with Gasteiger partial charge in [-0.2, -0.15) is 0 Å². The summed E-state index contributed by atoms with van der Waals surface area (Å²) in [7, 11) is 0. The minimum Gasteiger partial charge on any atom is -0.456 e. The van der Waals surface area contributed by atoms with Crippen LogP contribution < -0.4 is 0 Å². The standard InChI is InChI=1S/C44H24N4O/c1-6-16-34-26(10-1)30-13-9-18-36-40(30)41-37(23-22-31-27-11-2-7-17-35(27)47(34)43(31)41)48(36)44-42(45-32-14-4-5-15-33(32)46-44)25-20-21-29-28-12-3-8-19-38(28)49-39(29)24-25/h1-24H. The Hall–Kier alpha value is -6.72. The Kier molecular flexibility index (Phi) is 4.66. The first-order valence-corrected chi connectivity index (χ1v) is 16.6. The van der Waals surface area contributed by atoms with Crippen LogP contribution in [-0.4, -0.2) is 18.9 Å². The summed E-state index contributed by atoms with van der Waals surface area (Å²) >= 11 is 0.